The fourth-order valence-electron chi connectivity index (χ4n) is 3.01. The molecule has 2 aromatic heterocycles. The molecule has 0 saturated carbocycles. The van der Waals surface area contributed by atoms with Crippen LogP contribution >= 0.6 is 0 Å². The Bertz CT molecular complexity index is 1220. The molecule has 0 fully saturated rings. The van der Waals surface area contributed by atoms with Crippen molar-refractivity contribution in [2.45, 2.75) is 13.3 Å². The lowest BCUT2D eigenvalue weighted by Crippen LogP contribution is -2.30. The number of halogens is 2. The molecule has 4 rings (SSSR count). The summed E-state index contributed by atoms with van der Waals surface area (Å²) in [6.07, 6.45) is 3.40. The number of carbonyl (C=O) groups excluding carboxylic acids is 1. The molecule has 0 spiro atoms. The molecule has 0 aliphatic heterocycles. The summed E-state index contributed by atoms with van der Waals surface area (Å²) >= 11 is 0. The Morgan fingerprint density at radius 1 is 1.10 bits per heavy atom. The van der Waals surface area contributed by atoms with Gasteiger partial charge in [0.1, 0.15) is 0 Å². The second-order valence-corrected chi connectivity index (χ2v) is 6.96. The molecule has 10 heteroatoms. The molecule has 0 radical (unpaired) electrons. The third-order valence-electron chi connectivity index (χ3n) is 4.67. The van der Waals surface area contributed by atoms with Gasteiger partial charge >= 0.3 is 0 Å². The molecule has 4 aromatic rings. The number of aromatic nitrogens is 5. The molecule has 2 aromatic carbocycles. The minimum Gasteiger partial charge on any atom is -0.341 e. The van der Waals surface area contributed by atoms with Crippen LogP contribution in [0.3, 0.4) is 0 Å². The van der Waals surface area contributed by atoms with Crippen LogP contribution in [0.5, 0.6) is 0 Å². The number of amides is 1. The van der Waals surface area contributed by atoms with Crippen molar-refractivity contribution in [1.82, 2.24) is 30.0 Å². The summed E-state index contributed by atoms with van der Waals surface area (Å²) in [4.78, 5) is 20.2. The van der Waals surface area contributed by atoms with Crippen molar-refractivity contribution in [1.29, 1.82) is 0 Å². The van der Waals surface area contributed by atoms with Gasteiger partial charge in [0, 0.05) is 25.6 Å². The number of nitrogens with zero attached hydrogens (tertiary/aromatic N) is 6. The molecule has 8 nitrogen and oxygen atoms in total. The SMILES string of the molecule is Cc1ccc(-n2nccn2)c(C(=O)N(C)CCc2noc(-c3ccc(F)c(F)c3)n2)c1. The second-order valence-electron chi connectivity index (χ2n) is 6.96. The summed E-state index contributed by atoms with van der Waals surface area (Å²) in [7, 11) is 1.67. The fourth-order valence-corrected chi connectivity index (χ4v) is 3.01. The molecule has 0 bridgehead atoms. The van der Waals surface area contributed by atoms with Crippen LogP contribution in [0.15, 0.2) is 53.3 Å². The van der Waals surface area contributed by atoms with Gasteiger partial charge in [-0.15, -0.1) is 0 Å². The molecular formula is C21H18F2N6O2. The van der Waals surface area contributed by atoms with Crippen LogP contribution in [0.2, 0.25) is 0 Å². The highest BCUT2D eigenvalue weighted by Gasteiger charge is 2.19. The lowest BCUT2D eigenvalue weighted by atomic mass is 10.1. The number of carbonyl (C=O) groups is 1. The smallest absolute Gasteiger partial charge is 0.258 e. The second kappa shape index (κ2) is 8.42. The highest BCUT2D eigenvalue weighted by atomic mass is 19.2. The minimum absolute atomic E-state index is 0.0774. The lowest BCUT2D eigenvalue weighted by molar-refractivity contribution is 0.0795. The summed E-state index contributed by atoms with van der Waals surface area (Å²) in [5.74, 6) is -1.74. The van der Waals surface area contributed by atoms with E-state index in [0.717, 1.165) is 17.7 Å². The molecule has 1 amide bonds. The Labute approximate surface area is 176 Å². The van der Waals surface area contributed by atoms with Gasteiger partial charge < -0.3 is 9.42 Å². The van der Waals surface area contributed by atoms with E-state index in [1.165, 1.54) is 15.8 Å². The summed E-state index contributed by atoms with van der Waals surface area (Å²) in [6, 6.07) is 8.80. The van der Waals surface area contributed by atoms with E-state index in [1.807, 2.05) is 13.0 Å². The van der Waals surface area contributed by atoms with E-state index in [1.54, 1.807) is 31.6 Å². The molecule has 158 valence electrons. The van der Waals surface area contributed by atoms with Crippen molar-refractivity contribution in [2.24, 2.45) is 0 Å². The quantitative estimate of drug-likeness (QED) is 0.472. The predicted octanol–water partition coefficient (Wildman–Crippen LogP) is 3.22. The first-order chi connectivity index (χ1) is 14.9. The summed E-state index contributed by atoms with van der Waals surface area (Å²) in [5.41, 5.74) is 2.25. The summed E-state index contributed by atoms with van der Waals surface area (Å²) < 4.78 is 31.7. The van der Waals surface area contributed by atoms with Crippen molar-refractivity contribution in [3.8, 4) is 17.1 Å². The zero-order chi connectivity index (χ0) is 22.0. The van der Waals surface area contributed by atoms with Gasteiger partial charge in [-0.1, -0.05) is 16.8 Å². The largest absolute Gasteiger partial charge is 0.341 e. The zero-order valence-electron chi connectivity index (χ0n) is 16.8. The standard InChI is InChI=1S/C21H18F2N6O2/c1-13-3-6-18(29-24-8-9-25-29)15(11-13)21(30)28(2)10-7-19-26-20(31-27-19)14-4-5-16(22)17(23)12-14/h3-6,8-9,11-12H,7,10H2,1-2H3. The molecule has 0 N–H and O–H groups in total. The van der Waals surface area contributed by atoms with Gasteiger partial charge in [0.2, 0.25) is 0 Å². The van der Waals surface area contributed by atoms with Crippen molar-refractivity contribution < 1.29 is 18.1 Å². The van der Waals surface area contributed by atoms with Crippen LogP contribution in [0.1, 0.15) is 21.7 Å². The first-order valence-corrected chi connectivity index (χ1v) is 9.43. The van der Waals surface area contributed by atoms with Crippen LogP contribution in [0, 0.1) is 18.6 Å². The van der Waals surface area contributed by atoms with E-state index < -0.39 is 11.6 Å². The van der Waals surface area contributed by atoms with E-state index in [9.17, 15) is 13.6 Å². The van der Waals surface area contributed by atoms with Gasteiger partial charge in [-0.25, -0.2) is 8.78 Å². The fraction of sp³-hybridized carbons (Fsp3) is 0.190. The first kappa shape index (κ1) is 20.3. The number of likely N-dealkylation sites (N-methyl/N-ethyl adjacent to an activating group) is 1. The maximum Gasteiger partial charge on any atom is 0.258 e. The first-order valence-electron chi connectivity index (χ1n) is 9.43. The molecule has 0 atom stereocenters. The van der Waals surface area contributed by atoms with Crippen LogP contribution in [-0.2, 0) is 6.42 Å². The van der Waals surface area contributed by atoms with E-state index >= 15 is 0 Å². The van der Waals surface area contributed by atoms with Crippen molar-refractivity contribution in [2.75, 3.05) is 13.6 Å². The van der Waals surface area contributed by atoms with Crippen LogP contribution in [-0.4, -0.2) is 49.5 Å². The summed E-state index contributed by atoms with van der Waals surface area (Å²) in [5, 5.41) is 12.1. The Balaban J connectivity index is 1.47. The normalized spacial score (nSPS) is 11.0. The van der Waals surface area contributed by atoms with Gasteiger partial charge in [0.15, 0.2) is 17.5 Å². The molecule has 0 aliphatic carbocycles. The van der Waals surface area contributed by atoms with Gasteiger partial charge in [-0.05, 0) is 37.3 Å². The Morgan fingerprint density at radius 3 is 2.61 bits per heavy atom. The number of hydrogen-bond donors (Lipinski definition) is 0. The van der Waals surface area contributed by atoms with Crippen molar-refractivity contribution in [3.05, 3.63) is 77.4 Å². The van der Waals surface area contributed by atoms with Gasteiger partial charge in [-0.2, -0.15) is 20.0 Å². The number of rotatable bonds is 6. The van der Waals surface area contributed by atoms with Crippen molar-refractivity contribution in [3.63, 3.8) is 0 Å². The molecule has 31 heavy (non-hydrogen) atoms. The third kappa shape index (κ3) is 4.32. The molecule has 0 aliphatic rings. The van der Waals surface area contributed by atoms with Crippen LogP contribution in [0.25, 0.3) is 17.1 Å². The van der Waals surface area contributed by atoms with E-state index in [0.29, 0.717) is 30.0 Å². The number of aryl methyl sites for hydroxylation is 1. The maximum absolute atomic E-state index is 13.4. The topological polar surface area (TPSA) is 89.9 Å². The average Bonchev–Trinajstić information content (AvgIpc) is 3.45. The lowest BCUT2D eigenvalue weighted by Gasteiger charge is -2.18. The van der Waals surface area contributed by atoms with E-state index in [2.05, 4.69) is 20.3 Å². The Hall–Kier alpha value is -3.95. The van der Waals surface area contributed by atoms with Gasteiger partial charge in [0.05, 0.1) is 23.6 Å². The minimum atomic E-state index is -0.997. The Kier molecular flexibility index (Phi) is 5.52. The molecular weight excluding hydrogens is 406 g/mol. The number of hydrogen-bond acceptors (Lipinski definition) is 6. The van der Waals surface area contributed by atoms with E-state index in [-0.39, 0.29) is 17.4 Å². The third-order valence-corrected chi connectivity index (χ3v) is 4.67. The highest BCUT2D eigenvalue weighted by Crippen LogP contribution is 2.20. The van der Waals surface area contributed by atoms with Crippen LogP contribution in [0.4, 0.5) is 8.78 Å². The highest BCUT2D eigenvalue weighted by molar-refractivity contribution is 5.97. The van der Waals surface area contributed by atoms with Gasteiger partial charge in [-0.3, -0.25) is 4.79 Å². The molecule has 0 saturated heterocycles. The van der Waals surface area contributed by atoms with E-state index in [4.69, 9.17) is 4.52 Å². The number of benzene rings is 2. The summed E-state index contributed by atoms with van der Waals surface area (Å²) in [6.45, 7) is 2.21. The van der Waals surface area contributed by atoms with Gasteiger partial charge in [0.25, 0.3) is 11.8 Å². The van der Waals surface area contributed by atoms with Crippen LogP contribution < -0.4 is 0 Å². The predicted molar refractivity (Wildman–Crippen MR) is 106 cm³/mol. The Morgan fingerprint density at radius 2 is 1.87 bits per heavy atom. The molecule has 2 heterocycles. The maximum atomic E-state index is 13.4. The monoisotopic (exact) mass is 424 g/mol. The van der Waals surface area contributed by atoms with Crippen molar-refractivity contribution >= 4 is 5.91 Å². The zero-order valence-corrected chi connectivity index (χ0v) is 16.8. The average molecular weight is 424 g/mol. The molecule has 0 unspecified atom stereocenters.